The monoisotopic (exact) mass is 335 g/mol. The first-order chi connectivity index (χ1) is 11.6. The van der Waals surface area contributed by atoms with Crippen LogP contribution in [0.15, 0.2) is 12.1 Å². The van der Waals surface area contributed by atoms with Gasteiger partial charge in [-0.1, -0.05) is 0 Å². The zero-order valence-electron chi connectivity index (χ0n) is 14.4. The quantitative estimate of drug-likeness (QED) is 0.756. The lowest BCUT2D eigenvalue weighted by molar-refractivity contribution is 0.0596. The summed E-state index contributed by atoms with van der Waals surface area (Å²) in [5.74, 6) is 0.687. The Morgan fingerprint density at radius 1 is 1.21 bits per heavy atom. The van der Waals surface area contributed by atoms with Gasteiger partial charge in [0.05, 0.1) is 20.4 Å². The predicted octanol–water partition coefficient (Wildman–Crippen LogP) is 0.211. The van der Waals surface area contributed by atoms with Crippen molar-refractivity contribution >= 4 is 11.8 Å². The van der Waals surface area contributed by atoms with Crippen molar-refractivity contribution in [3.8, 4) is 5.88 Å². The van der Waals surface area contributed by atoms with Crippen molar-refractivity contribution in [2.75, 3.05) is 45.3 Å². The van der Waals surface area contributed by atoms with Crippen molar-refractivity contribution in [2.24, 2.45) is 0 Å². The number of esters is 1. The van der Waals surface area contributed by atoms with Gasteiger partial charge in [0.15, 0.2) is 0 Å². The van der Waals surface area contributed by atoms with Crippen LogP contribution >= 0.6 is 0 Å². The molecule has 0 aromatic carbocycles. The van der Waals surface area contributed by atoms with Crippen molar-refractivity contribution in [1.82, 2.24) is 20.7 Å². The maximum Gasteiger partial charge on any atom is 0.343 e. The van der Waals surface area contributed by atoms with Crippen LogP contribution in [0.1, 0.15) is 23.7 Å². The third-order valence-corrected chi connectivity index (χ3v) is 4.60. The number of aromatic nitrogens is 1. The number of piperazine rings is 1. The molecule has 24 heavy (non-hydrogen) atoms. The second-order valence-corrected chi connectivity index (χ2v) is 6.18. The van der Waals surface area contributed by atoms with Crippen LogP contribution in [0.25, 0.3) is 0 Å². The van der Waals surface area contributed by atoms with Crippen molar-refractivity contribution in [2.45, 2.75) is 25.6 Å². The highest BCUT2D eigenvalue weighted by Gasteiger charge is 2.29. The Bertz CT molecular complexity index is 589. The van der Waals surface area contributed by atoms with E-state index in [4.69, 9.17) is 9.47 Å². The largest absolute Gasteiger partial charge is 0.480 e. The first kappa shape index (κ1) is 16.9. The Morgan fingerprint density at radius 3 is 2.54 bits per heavy atom. The van der Waals surface area contributed by atoms with Gasteiger partial charge in [0, 0.05) is 32.2 Å². The molecule has 0 spiro atoms. The second-order valence-electron chi connectivity index (χ2n) is 6.18. The summed E-state index contributed by atoms with van der Waals surface area (Å²) in [7, 11) is 2.86. The lowest BCUT2D eigenvalue weighted by atomic mass is 10.2. The summed E-state index contributed by atoms with van der Waals surface area (Å²) in [4.78, 5) is 20.9. The van der Waals surface area contributed by atoms with Crippen LogP contribution in [-0.4, -0.2) is 68.5 Å². The third-order valence-electron chi connectivity index (χ3n) is 4.60. The number of nitrogens with zero attached hydrogens (tertiary/aromatic N) is 3. The van der Waals surface area contributed by atoms with Crippen molar-refractivity contribution in [3.05, 3.63) is 17.7 Å². The molecule has 2 aliphatic heterocycles. The maximum atomic E-state index is 11.7. The van der Waals surface area contributed by atoms with Crippen LogP contribution in [0, 0.1) is 0 Å². The number of methoxy groups -OCH3 is 2. The van der Waals surface area contributed by atoms with E-state index < -0.39 is 5.97 Å². The lowest BCUT2D eigenvalue weighted by Crippen LogP contribution is -2.54. The number of carbonyl (C=O) groups is 1. The molecule has 0 amide bonds. The fourth-order valence-corrected chi connectivity index (χ4v) is 3.22. The molecule has 2 N–H and O–H groups in total. The number of pyridine rings is 1. The molecule has 2 saturated heterocycles. The maximum absolute atomic E-state index is 11.7. The summed E-state index contributed by atoms with van der Waals surface area (Å²) in [5, 5.41) is 0. The van der Waals surface area contributed by atoms with Gasteiger partial charge in [-0.15, -0.1) is 0 Å². The summed E-state index contributed by atoms with van der Waals surface area (Å²) < 4.78 is 10.00. The average molecular weight is 335 g/mol. The number of hydrogen-bond donors (Lipinski definition) is 2. The summed E-state index contributed by atoms with van der Waals surface area (Å²) >= 11 is 0. The summed E-state index contributed by atoms with van der Waals surface area (Å²) in [5.41, 5.74) is 6.96. The standard InChI is InChI=1S/C16H25N5O3/c1-11-10-14(19-18-11)21-8-6-20(7-9-21)13-5-4-12(16(22)24-3)15(17-13)23-2/h4-5,11,14,18-19H,6-10H2,1-3H3. The summed E-state index contributed by atoms with van der Waals surface area (Å²) in [6.07, 6.45) is 1.51. The molecular weight excluding hydrogens is 310 g/mol. The molecule has 8 nitrogen and oxygen atoms in total. The van der Waals surface area contributed by atoms with Gasteiger partial charge in [-0.05, 0) is 25.5 Å². The van der Waals surface area contributed by atoms with Gasteiger partial charge in [-0.3, -0.25) is 10.3 Å². The Labute approximate surface area is 142 Å². The van der Waals surface area contributed by atoms with Crippen LogP contribution in [-0.2, 0) is 4.74 Å². The molecule has 2 fully saturated rings. The number of hydrazine groups is 1. The van der Waals surface area contributed by atoms with Crippen molar-refractivity contribution < 1.29 is 14.3 Å². The molecule has 132 valence electrons. The Balaban J connectivity index is 1.65. The molecule has 2 unspecified atom stereocenters. The van der Waals surface area contributed by atoms with Gasteiger partial charge in [0.25, 0.3) is 0 Å². The molecular formula is C16H25N5O3. The third kappa shape index (κ3) is 3.45. The van der Waals surface area contributed by atoms with Gasteiger partial charge in [-0.2, -0.15) is 4.98 Å². The second kappa shape index (κ2) is 7.33. The molecule has 0 saturated carbocycles. The number of carbonyl (C=O) groups excluding carboxylic acids is 1. The summed E-state index contributed by atoms with van der Waals surface area (Å²) in [6.45, 7) is 5.90. The normalized spacial score (nSPS) is 24.9. The highest BCUT2D eigenvalue weighted by molar-refractivity contribution is 5.92. The van der Waals surface area contributed by atoms with Crippen LogP contribution < -0.4 is 20.5 Å². The first-order valence-corrected chi connectivity index (χ1v) is 8.25. The van der Waals surface area contributed by atoms with Gasteiger partial charge < -0.3 is 14.4 Å². The number of hydrogen-bond acceptors (Lipinski definition) is 8. The first-order valence-electron chi connectivity index (χ1n) is 8.25. The van der Waals surface area contributed by atoms with E-state index in [-0.39, 0.29) is 0 Å². The predicted molar refractivity (Wildman–Crippen MR) is 90.1 cm³/mol. The zero-order chi connectivity index (χ0) is 17.1. The van der Waals surface area contributed by atoms with Crippen LogP contribution in [0.5, 0.6) is 5.88 Å². The Hall–Kier alpha value is -1.90. The molecule has 1 aromatic rings. The minimum absolute atomic E-state index is 0.303. The van der Waals surface area contributed by atoms with Crippen LogP contribution in [0.2, 0.25) is 0 Å². The van der Waals surface area contributed by atoms with E-state index in [9.17, 15) is 4.79 Å². The fourth-order valence-electron chi connectivity index (χ4n) is 3.22. The molecule has 1 aromatic heterocycles. The van der Waals surface area contributed by atoms with Gasteiger partial charge in [-0.25, -0.2) is 10.2 Å². The number of nitrogens with one attached hydrogen (secondary N) is 2. The molecule has 8 heteroatoms. The smallest absolute Gasteiger partial charge is 0.343 e. The molecule has 2 atom stereocenters. The van der Waals surface area contributed by atoms with E-state index in [1.807, 2.05) is 6.07 Å². The highest BCUT2D eigenvalue weighted by atomic mass is 16.5. The van der Waals surface area contributed by atoms with E-state index in [0.717, 1.165) is 38.4 Å². The minimum Gasteiger partial charge on any atom is -0.480 e. The molecule has 0 aliphatic carbocycles. The van der Waals surface area contributed by atoms with Crippen molar-refractivity contribution in [1.29, 1.82) is 0 Å². The average Bonchev–Trinajstić information content (AvgIpc) is 3.07. The van der Waals surface area contributed by atoms with Gasteiger partial charge in [0.1, 0.15) is 11.4 Å². The fraction of sp³-hybridized carbons (Fsp3) is 0.625. The number of rotatable bonds is 4. The van der Waals surface area contributed by atoms with Crippen LogP contribution in [0.4, 0.5) is 5.82 Å². The molecule has 2 aliphatic rings. The lowest BCUT2D eigenvalue weighted by Gasteiger charge is -2.38. The summed E-state index contributed by atoms with van der Waals surface area (Å²) in [6, 6.07) is 4.07. The van der Waals surface area contributed by atoms with Crippen molar-refractivity contribution in [3.63, 3.8) is 0 Å². The Kier molecular flexibility index (Phi) is 5.17. The molecule has 3 rings (SSSR count). The van der Waals surface area contributed by atoms with E-state index in [2.05, 4.69) is 32.6 Å². The zero-order valence-corrected chi connectivity index (χ0v) is 14.4. The van der Waals surface area contributed by atoms with Gasteiger partial charge >= 0.3 is 5.97 Å². The van der Waals surface area contributed by atoms with Crippen LogP contribution in [0.3, 0.4) is 0 Å². The van der Waals surface area contributed by atoms with E-state index in [1.165, 1.54) is 14.2 Å². The Morgan fingerprint density at radius 2 is 1.96 bits per heavy atom. The highest BCUT2D eigenvalue weighted by Crippen LogP contribution is 2.23. The van der Waals surface area contributed by atoms with E-state index in [1.54, 1.807) is 6.07 Å². The van der Waals surface area contributed by atoms with E-state index in [0.29, 0.717) is 23.7 Å². The minimum atomic E-state index is -0.440. The molecule has 0 bridgehead atoms. The number of ether oxygens (including phenoxy) is 2. The molecule has 3 heterocycles. The molecule has 0 radical (unpaired) electrons. The topological polar surface area (TPSA) is 79.0 Å². The van der Waals surface area contributed by atoms with E-state index >= 15 is 0 Å². The number of anilines is 1. The van der Waals surface area contributed by atoms with Gasteiger partial charge in [0.2, 0.25) is 5.88 Å². The SMILES string of the molecule is COC(=O)c1ccc(N2CCN(C3CC(C)NN3)CC2)nc1OC.